The van der Waals surface area contributed by atoms with Crippen molar-refractivity contribution in [1.29, 1.82) is 0 Å². The van der Waals surface area contributed by atoms with Crippen LogP contribution in [0, 0.1) is 0 Å². The van der Waals surface area contributed by atoms with Crippen molar-refractivity contribution in [2.75, 3.05) is 56.9 Å². The van der Waals surface area contributed by atoms with Crippen molar-refractivity contribution in [2.24, 2.45) is 0 Å². The maximum atomic E-state index is 12.4. The summed E-state index contributed by atoms with van der Waals surface area (Å²) in [5.74, 6) is 0.891. The molecule has 8 nitrogen and oxygen atoms in total. The molecule has 1 aromatic heterocycles. The minimum atomic E-state index is -0.218. The Morgan fingerprint density at radius 3 is 2.50 bits per heavy atom. The summed E-state index contributed by atoms with van der Waals surface area (Å²) in [5.41, 5.74) is 7.64. The highest BCUT2D eigenvalue weighted by molar-refractivity contribution is 5.89. The van der Waals surface area contributed by atoms with E-state index >= 15 is 0 Å². The molecule has 8 heteroatoms. The zero-order chi connectivity index (χ0) is 28.7. The third-order valence-corrected chi connectivity index (χ3v) is 8.28. The summed E-state index contributed by atoms with van der Waals surface area (Å²) in [5, 5.41) is 9.31. The first-order valence-electron chi connectivity index (χ1n) is 14.9. The second kappa shape index (κ2) is 13.1. The number of hydrogen-bond donors (Lipinski definition) is 3. The van der Waals surface area contributed by atoms with E-state index in [9.17, 15) is 4.79 Å². The maximum Gasteiger partial charge on any atom is 0.319 e. The van der Waals surface area contributed by atoms with Crippen LogP contribution >= 0.6 is 0 Å². The number of carbonyl (C=O) groups is 1. The topological polar surface area (TPSA) is 85.4 Å². The van der Waals surface area contributed by atoms with E-state index in [1.807, 2.05) is 48.7 Å². The minimum absolute atomic E-state index is 0.195. The van der Waals surface area contributed by atoms with Crippen molar-refractivity contribution in [2.45, 2.75) is 25.3 Å². The Kier molecular flexibility index (Phi) is 8.72. The van der Waals surface area contributed by atoms with Gasteiger partial charge in [-0.2, -0.15) is 0 Å². The van der Waals surface area contributed by atoms with Crippen molar-refractivity contribution in [3.63, 3.8) is 0 Å². The zero-order valence-electron chi connectivity index (χ0n) is 24.2. The normalized spacial score (nSPS) is 16.7. The van der Waals surface area contributed by atoms with Gasteiger partial charge in [0.25, 0.3) is 0 Å². The van der Waals surface area contributed by atoms with Gasteiger partial charge in [-0.25, -0.2) is 14.8 Å². The Labute approximate surface area is 248 Å². The molecule has 0 spiro atoms. The fourth-order valence-corrected chi connectivity index (χ4v) is 5.84. The first-order chi connectivity index (χ1) is 20.6. The predicted molar refractivity (Wildman–Crippen MR) is 169 cm³/mol. The molecule has 1 saturated heterocycles. The molecule has 2 amide bonds. The number of likely N-dealkylation sites (N-methyl/N-ethyl adjacent to an activating group) is 1. The van der Waals surface area contributed by atoms with Crippen LogP contribution in [-0.4, -0.2) is 72.1 Å². The average Bonchev–Trinajstić information content (AvgIpc) is 3.03. The van der Waals surface area contributed by atoms with Crippen LogP contribution in [0.5, 0.6) is 0 Å². The van der Waals surface area contributed by atoms with E-state index in [4.69, 9.17) is 4.98 Å². The lowest BCUT2D eigenvalue weighted by Gasteiger charge is -2.32. The van der Waals surface area contributed by atoms with Crippen LogP contribution in [-0.2, 0) is 13.0 Å². The summed E-state index contributed by atoms with van der Waals surface area (Å²) in [6.07, 6.45) is 3.89. The van der Waals surface area contributed by atoms with Crippen LogP contribution in [0.4, 0.5) is 16.4 Å². The van der Waals surface area contributed by atoms with Crippen molar-refractivity contribution >= 4 is 17.7 Å². The Morgan fingerprint density at radius 1 is 0.929 bits per heavy atom. The summed E-state index contributed by atoms with van der Waals surface area (Å²) in [7, 11) is 2.19. The molecule has 6 rings (SSSR count). The van der Waals surface area contributed by atoms with E-state index in [2.05, 4.69) is 74.2 Å². The van der Waals surface area contributed by atoms with Gasteiger partial charge in [-0.05, 0) is 60.8 Å². The standard InChI is InChI=1S/C34H39N7O/c1-40-18-20-41(21-19-40)17-7-16-35-33-36-24-27-22-31(29-10-5-6-11-30(29)32(27)39-33)26-12-14-28(15-13-26)38-34(42)37-23-25-8-3-2-4-9-25/h2-6,8-15,24,31H,7,16-23H2,1H3,(H,35,36,39)(H2,37,38,42). The summed E-state index contributed by atoms with van der Waals surface area (Å²) < 4.78 is 0. The predicted octanol–water partition coefficient (Wildman–Crippen LogP) is 5.20. The number of piperazine rings is 1. The quantitative estimate of drug-likeness (QED) is 0.244. The molecule has 42 heavy (non-hydrogen) atoms. The number of aromatic nitrogens is 2. The first kappa shape index (κ1) is 27.9. The van der Waals surface area contributed by atoms with Gasteiger partial charge in [-0.15, -0.1) is 0 Å². The van der Waals surface area contributed by atoms with E-state index in [0.29, 0.717) is 12.5 Å². The molecule has 1 aliphatic heterocycles. The number of anilines is 2. The average molecular weight is 562 g/mol. The first-order valence-corrected chi connectivity index (χ1v) is 14.9. The van der Waals surface area contributed by atoms with Gasteiger partial charge in [-0.1, -0.05) is 66.7 Å². The second-order valence-corrected chi connectivity index (χ2v) is 11.3. The van der Waals surface area contributed by atoms with Crippen LogP contribution in [0.15, 0.2) is 85.1 Å². The number of nitrogens with zero attached hydrogens (tertiary/aromatic N) is 4. The van der Waals surface area contributed by atoms with Crippen molar-refractivity contribution in [1.82, 2.24) is 25.1 Å². The molecule has 0 bridgehead atoms. The molecular formula is C34H39N7O. The molecule has 2 heterocycles. The van der Waals surface area contributed by atoms with Gasteiger partial charge in [-0.3, -0.25) is 0 Å². The SMILES string of the molecule is CN1CCN(CCCNc2ncc3c(n2)-c2ccccc2C(c2ccc(NC(=O)NCc4ccccc4)cc2)C3)CC1. The highest BCUT2D eigenvalue weighted by Crippen LogP contribution is 2.42. The number of fused-ring (bicyclic) bond motifs is 3. The fraction of sp³-hybridized carbons (Fsp3) is 0.324. The van der Waals surface area contributed by atoms with Gasteiger partial charge in [0.15, 0.2) is 0 Å². The van der Waals surface area contributed by atoms with E-state index in [1.54, 1.807) is 0 Å². The lowest BCUT2D eigenvalue weighted by Crippen LogP contribution is -2.44. The Hall–Kier alpha value is -4.27. The van der Waals surface area contributed by atoms with Gasteiger partial charge >= 0.3 is 6.03 Å². The molecule has 1 aliphatic carbocycles. The van der Waals surface area contributed by atoms with Crippen LogP contribution in [0.3, 0.4) is 0 Å². The maximum absolute atomic E-state index is 12.4. The molecule has 216 valence electrons. The number of carbonyl (C=O) groups excluding carboxylic acids is 1. The minimum Gasteiger partial charge on any atom is -0.354 e. The van der Waals surface area contributed by atoms with Crippen molar-refractivity contribution in [3.05, 3.63) is 107 Å². The Bertz CT molecular complexity index is 1480. The Balaban J connectivity index is 1.08. The van der Waals surface area contributed by atoms with Crippen LogP contribution in [0.1, 0.15) is 34.6 Å². The number of hydrogen-bond acceptors (Lipinski definition) is 6. The molecule has 1 unspecified atom stereocenters. The number of benzene rings is 3. The second-order valence-electron chi connectivity index (χ2n) is 11.3. The van der Waals surface area contributed by atoms with Crippen LogP contribution in [0.2, 0.25) is 0 Å². The van der Waals surface area contributed by atoms with Gasteiger partial charge in [0.2, 0.25) is 5.95 Å². The van der Waals surface area contributed by atoms with Crippen LogP contribution < -0.4 is 16.0 Å². The van der Waals surface area contributed by atoms with E-state index in [0.717, 1.165) is 80.2 Å². The highest BCUT2D eigenvalue weighted by Gasteiger charge is 2.27. The number of amides is 2. The van der Waals surface area contributed by atoms with Crippen molar-refractivity contribution < 1.29 is 4.79 Å². The third-order valence-electron chi connectivity index (χ3n) is 8.28. The molecule has 1 atom stereocenters. The van der Waals surface area contributed by atoms with Gasteiger partial charge in [0, 0.05) is 62.6 Å². The smallest absolute Gasteiger partial charge is 0.319 e. The van der Waals surface area contributed by atoms with Gasteiger partial charge < -0.3 is 25.8 Å². The summed E-state index contributed by atoms with van der Waals surface area (Å²) in [6, 6.07) is 26.4. The largest absolute Gasteiger partial charge is 0.354 e. The molecule has 3 aromatic carbocycles. The van der Waals surface area contributed by atoms with Gasteiger partial charge in [0.05, 0.1) is 5.69 Å². The van der Waals surface area contributed by atoms with Crippen molar-refractivity contribution in [3.8, 4) is 11.3 Å². The third kappa shape index (κ3) is 6.78. The molecule has 0 radical (unpaired) electrons. The molecule has 2 aliphatic rings. The lowest BCUT2D eigenvalue weighted by atomic mass is 9.78. The van der Waals surface area contributed by atoms with Gasteiger partial charge in [0.1, 0.15) is 0 Å². The highest BCUT2D eigenvalue weighted by atomic mass is 16.2. The number of urea groups is 1. The monoisotopic (exact) mass is 561 g/mol. The number of nitrogens with one attached hydrogen (secondary N) is 3. The summed E-state index contributed by atoms with van der Waals surface area (Å²) in [6.45, 7) is 7.03. The lowest BCUT2D eigenvalue weighted by molar-refractivity contribution is 0.154. The Morgan fingerprint density at radius 2 is 1.69 bits per heavy atom. The fourth-order valence-electron chi connectivity index (χ4n) is 5.84. The number of rotatable bonds is 9. The summed E-state index contributed by atoms with van der Waals surface area (Å²) in [4.78, 5) is 27.0. The molecule has 3 N–H and O–H groups in total. The molecule has 0 saturated carbocycles. The van der Waals surface area contributed by atoms with E-state index in [-0.39, 0.29) is 11.9 Å². The molecule has 1 fully saturated rings. The molecule has 4 aromatic rings. The van der Waals surface area contributed by atoms with E-state index in [1.165, 1.54) is 11.1 Å². The zero-order valence-corrected chi connectivity index (χ0v) is 24.2. The summed E-state index contributed by atoms with van der Waals surface area (Å²) >= 11 is 0. The van der Waals surface area contributed by atoms with E-state index < -0.39 is 0 Å². The molecular weight excluding hydrogens is 522 g/mol. The van der Waals surface area contributed by atoms with Crippen LogP contribution in [0.25, 0.3) is 11.3 Å².